The van der Waals surface area contributed by atoms with E-state index in [4.69, 9.17) is 4.42 Å². The van der Waals surface area contributed by atoms with Crippen molar-refractivity contribution in [1.82, 2.24) is 9.78 Å². The number of aromatic nitrogens is 2. The Kier molecular flexibility index (Phi) is 4.94. The molecule has 0 bridgehead atoms. The van der Waals surface area contributed by atoms with Crippen molar-refractivity contribution in [1.29, 1.82) is 0 Å². The van der Waals surface area contributed by atoms with Crippen molar-refractivity contribution in [2.45, 2.75) is 60.1 Å². The van der Waals surface area contributed by atoms with Gasteiger partial charge in [0.15, 0.2) is 0 Å². The van der Waals surface area contributed by atoms with Crippen LogP contribution in [-0.4, -0.2) is 14.9 Å². The molecule has 2 rings (SSSR count). The van der Waals surface area contributed by atoms with E-state index in [1.54, 1.807) is 0 Å². The highest BCUT2D eigenvalue weighted by Crippen LogP contribution is 2.32. The minimum atomic E-state index is -0.578. The standard InChI is InChI=1S/C16H23BrN2O2/c1-6-12-16(17)13(19(7-2)18-12)8-14(20)15-9(3)10(4)21-11(15)5/h14,20H,6-8H2,1-5H3. The lowest BCUT2D eigenvalue weighted by molar-refractivity contribution is 0.172. The Morgan fingerprint density at radius 3 is 2.38 bits per heavy atom. The number of rotatable bonds is 5. The molecule has 0 aliphatic heterocycles. The average molecular weight is 355 g/mol. The number of aliphatic hydroxyl groups is 1. The fraction of sp³-hybridized carbons (Fsp3) is 0.562. The monoisotopic (exact) mass is 354 g/mol. The molecule has 21 heavy (non-hydrogen) atoms. The van der Waals surface area contributed by atoms with Crippen LogP contribution in [0.4, 0.5) is 0 Å². The van der Waals surface area contributed by atoms with Gasteiger partial charge in [0.2, 0.25) is 0 Å². The molecule has 0 radical (unpaired) electrons. The van der Waals surface area contributed by atoms with Gasteiger partial charge in [-0.15, -0.1) is 0 Å². The molecule has 1 atom stereocenters. The zero-order valence-electron chi connectivity index (χ0n) is 13.3. The Hall–Kier alpha value is -1.07. The normalized spacial score (nSPS) is 12.9. The first-order chi connectivity index (χ1) is 9.90. The van der Waals surface area contributed by atoms with Gasteiger partial charge < -0.3 is 9.52 Å². The largest absolute Gasteiger partial charge is 0.466 e. The van der Waals surface area contributed by atoms with E-state index in [1.807, 2.05) is 25.5 Å². The van der Waals surface area contributed by atoms with Crippen LogP contribution < -0.4 is 0 Å². The van der Waals surface area contributed by atoms with Crippen molar-refractivity contribution in [3.05, 3.63) is 38.5 Å². The molecule has 2 aromatic rings. The highest BCUT2D eigenvalue weighted by molar-refractivity contribution is 9.10. The lowest BCUT2D eigenvalue weighted by atomic mass is 10.0. The summed E-state index contributed by atoms with van der Waals surface area (Å²) in [5, 5.41) is 15.2. The first kappa shape index (κ1) is 16.3. The van der Waals surface area contributed by atoms with Crippen LogP contribution >= 0.6 is 15.9 Å². The number of aryl methyl sites for hydroxylation is 4. The summed E-state index contributed by atoms with van der Waals surface area (Å²) in [6.45, 7) is 10.8. The van der Waals surface area contributed by atoms with E-state index in [0.717, 1.165) is 51.5 Å². The van der Waals surface area contributed by atoms with E-state index in [9.17, 15) is 5.11 Å². The van der Waals surface area contributed by atoms with Gasteiger partial charge in [0.25, 0.3) is 0 Å². The minimum Gasteiger partial charge on any atom is -0.466 e. The van der Waals surface area contributed by atoms with Crippen LogP contribution in [0, 0.1) is 20.8 Å². The molecule has 0 aliphatic carbocycles. The fourth-order valence-corrected chi connectivity index (χ4v) is 3.52. The lowest BCUT2D eigenvalue weighted by Gasteiger charge is -2.13. The summed E-state index contributed by atoms with van der Waals surface area (Å²) in [7, 11) is 0. The summed E-state index contributed by atoms with van der Waals surface area (Å²) in [5.74, 6) is 1.67. The highest BCUT2D eigenvalue weighted by atomic mass is 79.9. The smallest absolute Gasteiger partial charge is 0.107 e. The number of aliphatic hydroxyl groups excluding tert-OH is 1. The van der Waals surface area contributed by atoms with E-state index in [1.165, 1.54) is 0 Å². The SMILES string of the molecule is CCc1nn(CC)c(CC(O)c2c(C)oc(C)c2C)c1Br. The van der Waals surface area contributed by atoms with Crippen LogP contribution in [0.1, 0.15) is 54.0 Å². The van der Waals surface area contributed by atoms with Crippen molar-refractivity contribution in [2.75, 3.05) is 0 Å². The van der Waals surface area contributed by atoms with Gasteiger partial charge in [-0.25, -0.2) is 0 Å². The van der Waals surface area contributed by atoms with E-state index in [2.05, 4.69) is 34.9 Å². The molecule has 0 amide bonds. The van der Waals surface area contributed by atoms with Gasteiger partial charge in [-0.3, -0.25) is 4.68 Å². The van der Waals surface area contributed by atoms with Crippen molar-refractivity contribution in [3.8, 4) is 0 Å². The van der Waals surface area contributed by atoms with Gasteiger partial charge in [-0.1, -0.05) is 6.92 Å². The number of halogens is 1. The summed E-state index contributed by atoms with van der Waals surface area (Å²) < 4.78 is 8.60. The summed E-state index contributed by atoms with van der Waals surface area (Å²) in [6.07, 6.45) is 0.826. The van der Waals surface area contributed by atoms with E-state index in [-0.39, 0.29) is 0 Å². The number of nitrogens with zero attached hydrogens (tertiary/aromatic N) is 2. The highest BCUT2D eigenvalue weighted by Gasteiger charge is 2.23. The Bertz CT molecular complexity index is 643. The molecule has 0 saturated carbocycles. The molecule has 4 nitrogen and oxygen atoms in total. The molecule has 0 fully saturated rings. The third-order valence-corrected chi connectivity index (χ3v) is 4.95. The Morgan fingerprint density at radius 1 is 1.24 bits per heavy atom. The van der Waals surface area contributed by atoms with Crippen LogP contribution in [0.5, 0.6) is 0 Å². The maximum Gasteiger partial charge on any atom is 0.107 e. The molecule has 2 heterocycles. The van der Waals surface area contributed by atoms with E-state index >= 15 is 0 Å². The molecular weight excluding hydrogens is 332 g/mol. The van der Waals surface area contributed by atoms with Crippen molar-refractivity contribution in [3.63, 3.8) is 0 Å². The Morgan fingerprint density at radius 2 is 1.90 bits per heavy atom. The van der Waals surface area contributed by atoms with Crippen LogP contribution in [0.15, 0.2) is 8.89 Å². The zero-order chi connectivity index (χ0) is 15.7. The second-order valence-electron chi connectivity index (χ2n) is 5.35. The lowest BCUT2D eigenvalue weighted by Crippen LogP contribution is -2.10. The molecule has 5 heteroatoms. The maximum atomic E-state index is 10.7. The molecule has 2 aromatic heterocycles. The quantitative estimate of drug-likeness (QED) is 0.881. The van der Waals surface area contributed by atoms with Crippen molar-refractivity contribution in [2.24, 2.45) is 0 Å². The third-order valence-electron chi connectivity index (χ3n) is 4.03. The summed E-state index contributed by atoms with van der Waals surface area (Å²) >= 11 is 3.63. The summed E-state index contributed by atoms with van der Waals surface area (Å²) in [4.78, 5) is 0. The predicted octanol–water partition coefficient (Wildman–Crippen LogP) is 4.02. The van der Waals surface area contributed by atoms with Gasteiger partial charge in [-0.2, -0.15) is 5.10 Å². The van der Waals surface area contributed by atoms with Gasteiger partial charge in [0.1, 0.15) is 11.5 Å². The molecule has 116 valence electrons. The Balaban J connectivity index is 2.35. The average Bonchev–Trinajstić information content (AvgIpc) is 2.88. The van der Waals surface area contributed by atoms with E-state index in [0.29, 0.717) is 6.42 Å². The number of hydrogen-bond acceptors (Lipinski definition) is 3. The molecule has 0 aromatic carbocycles. The first-order valence-corrected chi connectivity index (χ1v) is 8.18. The van der Waals surface area contributed by atoms with Crippen LogP contribution in [0.3, 0.4) is 0 Å². The van der Waals surface area contributed by atoms with Gasteiger partial charge >= 0.3 is 0 Å². The predicted molar refractivity (Wildman–Crippen MR) is 86.6 cm³/mol. The molecule has 1 N–H and O–H groups in total. The zero-order valence-corrected chi connectivity index (χ0v) is 14.9. The second-order valence-corrected chi connectivity index (χ2v) is 6.14. The summed E-state index contributed by atoms with van der Waals surface area (Å²) in [6, 6.07) is 0. The van der Waals surface area contributed by atoms with Crippen molar-refractivity contribution < 1.29 is 9.52 Å². The topological polar surface area (TPSA) is 51.2 Å². The third kappa shape index (κ3) is 2.94. The van der Waals surface area contributed by atoms with Gasteiger partial charge in [0, 0.05) is 18.5 Å². The van der Waals surface area contributed by atoms with Gasteiger partial charge in [0.05, 0.1) is 22.0 Å². The Labute approximate surface area is 134 Å². The molecule has 1 unspecified atom stereocenters. The maximum absolute atomic E-state index is 10.7. The van der Waals surface area contributed by atoms with Crippen LogP contribution in [0.25, 0.3) is 0 Å². The summed E-state index contributed by atoms with van der Waals surface area (Å²) in [5.41, 5.74) is 4.02. The van der Waals surface area contributed by atoms with Gasteiger partial charge in [-0.05, 0) is 55.6 Å². The van der Waals surface area contributed by atoms with E-state index < -0.39 is 6.10 Å². The molecular formula is C16H23BrN2O2. The number of hydrogen-bond donors (Lipinski definition) is 1. The molecule has 0 spiro atoms. The van der Waals surface area contributed by atoms with Crippen molar-refractivity contribution >= 4 is 15.9 Å². The van der Waals surface area contributed by atoms with Crippen LogP contribution in [0.2, 0.25) is 0 Å². The minimum absolute atomic E-state index is 0.530. The fourth-order valence-electron chi connectivity index (χ4n) is 2.80. The molecule has 0 saturated heterocycles. The number of furan rings is 1. The van der Waals surface area contributed by atoms with Crippen LogP contribution in [-0.2, 0) is 19.4 Å². The first-order valence-electron chi connectivity index (χ1n) is 7.39. The second kappa shape index (κ2) is 6.36. The molecule has 0 aliphatic rings.